The number of aromatic nitrogens is 3. The second-order valence-electron chi connectivity index (χ2n) is 11.2. The molecule has 0 N–H and O–H groups in total. The van der Waals surface area contributed by atoms with Gasteiger partial charge in [0.25, 0.3) is 5.89 Å². The van der Waals surface area contributed by atoms with Gasteiger partial charge in [0.15, 0.2) is 11.5 Å². The lowest BCUT2D eigenvalue weighted by atomic mass is 10.00. The van der Waals surface area contributed by atoms with E-state index in [9.17, 15) is 17.6 Å². The van der Waals surface area contributed by atoms with Gasteiger partial charge in [-0.25, -0.2) is 12.8 Å². The number of carbonyl (C=O) groups excluding carboxylic acids is 1. The Morgan fingerprint density at radius 2 is 1.82 bits per heavy atom. The Morgan fingerprint density at radius 1 is 1.05 bits per heavy atom. The molecule has 11 heteroatoms. The van der Waals surface area contributed by atoms with Gasteiger partial charge in [0, 0.05) is 42.1 Å². The van der Waals surface area contributed by atoms with Crippen LogP contribution in [0.2, 0.25) is 0 Å². The van der Waals surface area contributed by atoms with Crippen LogP contribution in [0.15, 0.2) is 39.4 Å². The van der Waals surface area contributed by atoms with Crippen LogP contribution in [0.4, 0.5) is 10.1 Å². The fourth-order valence-corrected chi connectivity index (χ4v) is 6.36. The van der Waals surface area contributed by atoms with Crippen LogP contribution in [0.5, 0.6) is 0 Å². The summed E-state index contributed by atoms with van der Waals surface area (Å²) in [4.78, 5) is 19.6. The summed E-state index contributed by atoms with van der Waals surface area (Å²) in [5.74, 6) is 1.51. The van der Waals surface area contributed by atoms with E-state index in [1.807, 2.05) is 30.3 Å². The van der Waals surface area contributed by atoms with E-state index < -0.39 is 15.5 Å². The summed E-state index contributed by atoms with van der Waals surface area (Å²) < 4.78 is 48.5. The molecule has 0 spiro atoms. The number of rotatable bonds is 11. The molecule has 39 heavy (non-hydrogen) atoms. The predicted octanol–water partition coefficient (Wildman–Crippen LogP) is 5.38. The van der Waals surface area contributed by atoms with E-state index >= 15 is 0 Å². The van der Waals surface area contributed by atoms with Crippen molar-refractivity contribution in [1.29, 1.82) is 0 Å². The predicted molar refractivity (Wildman–Crippen MR) is 144 cm³/mol. The highest BCUT2D eigenvalue weighted by atomic mass is 32.2. The average molecular weight is 559 g/mol. The van der Waals surface area contributed by atoms with Gasteiger partial charge in [-0.05, 0) is 64.5 Å². The molecule has 3 heterocycles. The molecule has 2 aliphatic rings. The SMILES string of the molecule is CC(C)(F)c1nc(CCCCCN(C(=O)C2CCS(=O)(=O)CC2)c2cccc(-c3cc(C4CC4)on3)c2)no1. The van der Waals surface area contributed by atoms with Gasteiger partial charge in [0.05, 0.1) is 11.5 Å². The van der Waals surface area contributed by atoms with E-state index in [0.29, 0.717) is 37.5 Å². The number of amides is 1. The highest BCUT2D eigenvalue weighted by Crippen LogP contribution is 2.41. The van der Waals surface area contributed by atoms with Crippen LogP contribution in [0.25, 0.3) is 11.3 Å². The Labute approximate surface area is 228 Å². The first-order valence-electron chi connectivity index (χ1n) is 13.7. The molecule has 2 fully saturated rings. The van der Waals surface area contributed by atoms with E-state index in [4.69, 9.17) is 9.05 Å². The smallest absolute Gasteiger partial charge is 0.263 e. The lowest BCUT2D eigenvalue weighted by Gasteiger charge is -2.29. The molecule has 2 aromatic heterocycles. The standard InChI is InChI=1S/C28H35FN4O5S/c1-28(2,29)27-30-25(32-38-27)9-4-3-5-14-33(26(34)20-12-15-39(35,36)16-13-20)22-8-6-7-21(17-22)23-18-24(37-31-23)19-10-11-19/h6-8,17-20H,3-5,9-16H2,1-2H3. The number of carbonyl (C=O) groups is 1. The molecule has 1 aliphatic heterocycles. The fourth-order valence-electron chi connectivity index (χ4n) is 4.87. The number of benzene rings is 1. The average Bonchev–Trinajstić information content (AvgIpc) is 3.41. The number of unbranched alkanes of at least 4 members (excludes halogenated alkanes) is 2. The van der Waals surface area contributed by atoms with Crippen molar-refractivity contribution in [2.75, 3.05) is 23.0 Å². The molecule has 0 bridgehead atoms. The molecule has 0 radical (unpaired) electrons. The zero-order valence-electron chi connectivity index (χ0n) is 22.4. The van der Waals surface area contributed by atoms with Crippen molar-refractivity contribution in [3.8, 4) is 11.3 Å². The molecule has 0 unspecified atom stereocenters. The van der Waals surface area contributed by atoms with Gasteiger partial charge in [-0.15, -0.1) is 0 Å². The molecule has 5 rings (SSSR count). The Balaban J connectivity index is 1.26. The highest BCUT2D eigenvalue weighted by Gasteiger charge is 2.32. The molecule has 210 valence electrons. The Morgan fingerprint density at radius 3 is 2.51 bits per heavy atom. The van der Waals surface area contributed by atoms with E-state index in [1.165, 1.54) is 13.8 Å². The maximum Gasteiger partial charge on any atom is 0.263 e. The number of alkyl halides is 1. The molecule has 9 nitrogen and oxygen atoms in total. The lowest BCUT2D eigenvalue weighted by Crippen LogP contribution is -2.40. The number of hydrogen-bond donors (Lipinski definition) is 0. The van der Waals surface area contributed by atoms with Gasteiger partial charge in [-0.3, -0.25) is 4.79 Å². The van der Waals surface area contributed by atoms with Crippen LogP contribution >= 0.6 is 0 Å². The van der Waals surface area contributed by atoms with Crippen molar-refractivity contribution in [1.82, 2.24) is 15.3 Å². The summed E-state index contributed by atoms with van der Waals surface area (Å²) in [5.41, 5.74) is 0.696. The number of hydrogen-bond acceptors (Lipinski definition) is 8. The van der Waals surface area contributed by atoms with Crippen LogP contribution in [0.1, 0.15) is 82.2 Å². The highest BCUT2D eigenvalue weighted by molar-refractivity contribution is 7.91. The van der Waals surface area contributed by atoms with Crippen LogP contribution in [-0.4, -0.2) is 47.7 Å². The zero-order chi connectivity index (χ0) is 27.6. The molecular formula is C28H35FN4O5S. The first-order valence-corrected chi connectivity index (χ1v) is 15.5. The quantitative estimate of drug-likeness (QED) is 0.288. The van der Waals surface area contributed by atoms with E-state index in [0.717, 1.165) is 54.8 Å². The Bertz CT molecular complexity index is 1390. The third kappa shape index (κ3) is 6.93. The fraction of sp³-hybridized carbons (Fsp3) is 0.571. The maximum atomic E-state index is 14.0. The molecule has 1 aromatic carbocycles. The zero-order valence-corrected chi connectivity index (χ0v) is 23.3. The third-order valence-electron chi connectivity index (χ3n) is 7.39. The first-order chi connectivity index (χ1) is 18.6. The van der Waals surface area contributed by atoms with Crippen LogP contribution in [0, 0.1) is 5.92 Å². The maximum absolute atomic E-state index is 14.0. The van der Waals surface area contributed by atoms with Crippen molar-refractivity contribution < 1.29 is 26.6 Å². The number of sulfone groups is 1. The van der Waals surface area contributed by atoms with Gasteiger partial charge >= 0.3 is 0 Å². The topological polar surface area (TPSA) is 119 Å². The summed E-state index contributed by atoms with van der Waals surface area (Å²) >= 11 is 0. The molecule has 1 saturated carbocycles. The third-order valence-corrected chi connectivity index (χ3v) is 9.11. The minimum atomic E-state index is -3.07. The van der Waals surface area contributed by atoms with Crippen molar-refractivity contribution in [2.24, 2.45) is 5.92 Å². The number of anilines is 1. The van der Waals surface area contributed by atoms with Crippen molar-refractivity contribution in [2.45, 2.75) is 76.8 Å². The minimum absolute atomic E-state index is 0.0278. The van der Waals surface area contributed by atoms with Crippen LogP contribution in [0.3, 0.4) is 0 Å². The second-order valence-corrected chi connectivity index (χ2v) is 13.5. The van der Waals surface area contributed by atoms with Gasteiger partial charge in [-0.2, -0.15) is 4.98 Å². The van der Waals surface area contributed by atoms with E-state index in [-0.39, 0.29) is 29.2 Å². The monoisotopic (exact) mass is 558 g/mol. The Kier molecular flexibility index (Phi) is 7.89. The van der Waals surface area contributed by atoms with Gasteiger partial charge in [0.2, 0.25) is 5.91 Å². The molecule has 3 aromatic rings. The summed E-state index contributed by atoms with van der Waals surface area (Å²) in [5, 5.41) is 8.11. The number of aryl methyl sites for hydroxylation is 1. The minimum Gasteiger partial charge on any atom is -0.360 e. The molecular weight excluding hydrogens is 523 g/mol. The molecule has 1 saturated heterocycles. The van der Waals surface area contributed by atoms with E-state index in [2.05, 4.69) is 15.3 Å². The Hall–Kier alpha value is -3.08. The van der Waals surface area contributed by atoms with Gasteiger partial charge in [-0.1, -0.05) is 28.9 Å². The van der Waals surface area contributed by atoms with Crippen molar-refractivity contribution in [3.63, 3.8) is 0 Å². The summed E-state index contributed by atoms with van der Waals surface area (Å²) in [6.07, 6.45) is 5.78. The first kappa shape index (κ1) is 27.5. The lowest BCUT2D eigenvalue weighted by molar-refractivity contribution is -0.122. The summed E-state index contributed by atoms with van der Waals surface area (Å²) in [7, 11) is -3.07. The number of nitrogens with zero attached hydrogens (tertiary/aromatic N) is 4. The normalized spacial score (nSPS) is 17.8. The van der Waals surface area contributed by atoms with Gasteiger partial charge < -0.3 is 13.9 Å². The summed E-state index contributed by atoms with van der Waals surface area (Å²) in [6, 6.07) is 9.68. The molecule has 0 atom stereocenters. The molecule has 1 aliphatic carbocycles. The van der Waals surface area contributed by atoms with Crippen molar-refractivity contribution >= 4 is 21.4 Å². The second kappa shape index (κ2) is 11.2. The van der Waals surface area contributed by atoms with Crippen LogP contribution in [-0.2, 0) is 26.7 Å². The van der Waals surface area contributed by atoms with Crippen molar-refractivity contribution in [3.05, 3.63) is 47.8 Å². The number of halogens is 1. The summed E-state index contributed by atoms with van der Waals surface area (Å²) in [6.45, 7) is 3.25. The van der Waals surface area contributed by atoms with Gasteiger partial charge in [0.1, 0.15) is 21.3 Å². The largest absolute Gasteiger partial charge is 0.360 e. The van der Waals surface area contributed by atoms with E-state index in [1.54, 1.807) is 4.90 Å². The molecule has 1 amide bonds. The van der Waals surface area contributed by atoms with Crippen LogP contribution < -0.4 is 4.90 Å².